The topological polar surface area (TPSA) is 81.4 Å². The lowest BCUT2D eigenvalue weighted by Gasteiger charge is -2.16. The van der Waals surface area contributed by atoms with Crippen molar-refractivity contribution >= 4 is 11.7 Å². The highest BCUT2D eigenvalue weighted by atomic mass is 16.2. The van der Waals surface area contributed by atoms with E-state index in [2.05, 4.69) is 0 Å². The second-order valence-electron chi connectivity index (χ2n) is 4.28. The summed E-state index contributed by atoms with van der Waals surface area (Å²) in [4.78, 5) is 48.1. The molecule has 1 heterocycles. The third-order valence-electron chi connectivity index (χ3n) is 2.94. The van der Waals surface area contributed by atoms with E-state index in [1.54, 1.807) is 7.05 Å². The lowest BCUT2D eigenvalue weighted by molar-refractivity contribution is -0.130. The van der Waals surface area contributed by atoms with Crippen molar-refractivity contribution in [2.45, 2.75) is 20.4 Å². The zero-order chi connectivity index (χ0) is 14.7. The van der Waals surface area contributed by atoms with Gasteiger partial charge in [-0.2, -0.15) is 0 Å². The Hall–Kier alpha value is -2.18. The molecule has 0 spiro atoms. The molecule has 7 nitrogen and oxygen atoms in total. The molecule has 0 bridgehead atoms. The van der Waals surface area contributed by atoms with E-state index in [0.717, 1.165) is 15.3 Å². The average Bonchev–Trinajstić information content (AvgIpc) is 2.37. The van der Waals surface area contributed by atoms with Gasteiger partial charge in [0.15, 0.2) is 5.78 Å². The van der Waals surface area contributed by atoms with Crippen molar-refractivity contribution in [1.82, 2.24) is 14.0 Å². The fourth-order valence-electron chi connectivity index (χ4n) is 1.52. The van der Waals surface area contributed by atoms with Crippen LogP contribution in [0.3, 0.4) is 0 Å². The van der Waals surface area contributed by atoms with Gasteiger partial charge in [-0.05, 0) is 13.8 Å². The molecule has 0 saturated carbocycles. The largest absolute Gasteiger partial charge is 0.344 e. The Kier molecular flexibility index (Phi) is 4.42. The summed E-state index contributed by atoms with van der Waals surface area (Å²) in [6.07, 6.45) is 1.15. The standard InChI is InChI=1S/C12H17N3O4/c1-5-13(3)10(17)7-15-6-9(8(2)16)11(18)14(4)12(15)19/h6H,5,7H2,1-4H3. The first-order valence-corrected chi connectivity index (χ1v) is 5.85. The van der Waals surface area contributed by atoms with Gasteiger partial charge in [0.1, 0.15) is 6.54 Å². The van der Waals surface area contributed by atoms with Crippen LogP contribution >= 0.6 is 0 Å². The summed E-state index contributed by atoms with van der Waals surface area (Å²) < 4.78 is 1.91. The quantitative estimate of drug-likeness (QED) is 0.671. The van der Waals surface area contributed by atoms with E-state index in [4.69, 9.17) is 0 Å². The zero-order valence-corrected chi connectivity index (χ0v) is 11.5. The summed E-state index contributed by atoms with van der Waals surface area (Å²) in [6, 6.07) is 0. The number of amides is 1. The molecule has 0 unspecified atom stereocenters. The van der Waals surface area contributed by atoms with E-state index >= 15 is 0 Å². The summed E-state index contributed by atoms with van der Waals surface area (Å²) in [6.45, 7) is 3.37. The summed E-state index contributed by atoms with van der Waals surface area (Å²) in [5, 5.41) is 0. The highest BCUT2D eigenvalue weighted by Gasteiger charge is 2.15. The number of carbonyl (C=O) groups is 2. The van der Waals surface area contributed by atoms with E-state index in [1.165, 1.54) is 18.9 Å². The second kappa shape index (κ2) is 5.64. The van der Waals surface area contributed by atoms with E-state index in [9.17, 15) is 19.2 Å². The van der Waals surface area contributed by atoms with Gasteiger partial charge < -0.3 is 4.90 Å². The molecule has 104 valence electrons. The number of rotatable bonds is 4. The third-order valence-corrected chi connectivity index (χ3v) is 2.94. The van der Waals surface area contributed by atoms with Gasteiger partial charge in [0.25, 0.3) is 5.56 Å². The molecule has 0 atom stereocenters. The SMILES string of the molecule is CCN(C)C(=O)Cn1cc(C(C)=O)c(=O)n(C)c1=O. The maximum atomic E-state index is 11.9. The smallest absolute Gasteiger partial charge is 0.331 e. The van der Waals surface area contributed by atoms with Gasteiger partial charge in [0.2, 0.25) is 5.91 Å². The molecule has 0 radical (unpaired) electrons. The Labute approximate surface area is 110 Å². The van der Waals surface area contributed by atoms with E-state index in [1.807, 2.05) is 6.92 Å². The molecule has 0 fully saturated rings. The van der Waals surface area contributed by atoms with Crippen molar-refractivity contribution in [1.29, 1.82) is 0 Å². The van der Waals surface area contributed by atoms with Gasteiger partial charge in [-0.1, -0.05) is 0 Å². The Bertz CT molecular complexity index is 627. The minimum Gasteiger partial charge on any atom is -0.344 e. The molecule has 7 heteroatoms. The molecule has 1 rings (SSSR count). The Morgan fingerprint density at radius 1 is 1.32 bits per heavy atom. The number of likely N-dealkylation sites (N-methyl/N-ethyl adjacent to an activating group) is 1. The maximum absolute atomic E-state index is 11.9. The summed E-state index contributed by atoms with van der Waals surface area (Å²) in [5.41, 5.74) is -1.37. The van der Waals surface area contributed by atoms with Crippen molar-refractivity contribution in [3.63, 3.8) is 0 Å². The number of ketones is 1. The van der Waals surface area contributed by atoms with Crippen LogP contribution in [0.15, 0.2) is 15.8 Å². The van der Waals surface area contributed by atoms with Gasteiger partial charge in [-0.3, -0.25) is 23.5 Å². The third kappa shape index (κ3) is 2.98. The first-order chi connectivity index (χ1) is 8.79. The first-order valence-electron chi connectivity index (χ1n) is 5.85. The number of nitrogens with zero attached hydrogens (tertiary/aromatic N) is 3. The van der Waals surface area contributed by atoms with Crippen LogP contribution in [0.4, 0.5) is 0 Å². The summed E-state index contributed by atoms with van der Waals surface area (Å²) >= 11 is 0. The number of aromatic nitrogens is 2. The Balaban J connectivity index is 3.30. The first kappa shape index (κ1) is 14.9. The lowest BCUT2D eigenvalue weighted by atomic mass is 10.2. The van der Waals surface area contributed by atoms with Crippen LogP contribution in [0.1, 0.15) is 24.2 Å². The predicted molar refractivity (Wildman–Crippen MR) is 69.3 cm³/mol. The molecule has 0 aliphatic carbocycles. The van der Waals surface area contributed by atoms with Crippen molar-refractivity contribution in [2.24, 2.45) is 7.05 Å². The number of hydrogen-bond acceptors (Lipinski definition) is 4. The van der Waals surface area contributed by atoms with E-state index < -0.39 is 17.0 Å². The van der Waals surface area contributed by atoms with Crippen LogP contribution in [-0.2, 0) is 18.4 Å². The maximum Gasteiger partial charge on any atom is 0.331 e. The molecule has 0 N–H and O–H groups in total. The predicted octanol–water partition coefficient (Wildman–Crippen LogP) is -0.772. The van der Waals surface area contributed by atoms with Crippen LogP contribution in [0.5, 0.6) is 0 Å². The van der Waals surface area contributed by atoms with Gasteiger partial charge >= 0.3 is 5.69 Å². The van der Waals surface area contributed by atoms with Crippen LogP contribution in [-0.4, -0.2) is 39.3 Å². The molecule has 1 amide bonds. The second-order valence-corrected chi connectivity index (χ2v) is 4.28. The van der Waals surface area contributed by atoms with Gasteiger partial charge in [0, 0.05) is 26.8 Å². The summed E-state index contributed by atoms with van der Waals surface area (Å²) in [7, 11) is 2.89. The monoisotopic (exact) mass is 267 g/mol. The highest BCUT2D eigenvalue weighted by Crippen LogP contribution is 1.93. The number of Topliss-reactive ketones (excluding diaryl/α,β-unsaturated/α-hetero) is 1. The Morgan fingerprint density at radius 3 is 2.37 bits per heavy atom. The van der Waals surface area contributed by atoms with Crippen molar-refractivity contribution in [3.8, 4) is 0 Å². The van der Waals surface area contributed by atoms with Crippen LogP contribution in [0.2, 0.25) is 0 Å². The zero-order valence-electron chi connectivity index (χ0n) is 11.5. The lowest BCUT2D eigenvalue weighted by Crippen LogP contribution is -2.43. The van der Waals surface area contributed by atoms with Crippen LogP contribution < -0.4 is 11.2 Å². The minimum absolute atomic E-state index is 0.103. The van der Waals surface area contributed by atoms with Crippen molar-refractivity contribution < 1.29 is 9.59 Å². The fourth-order valence-corrected chi connectivity index (χ4v) is 1.52. The molecule has 0 aromatic carbocycles. The molecule has 0 aliphatic heterocycles. The van der Waals surface area contributed by atoms with Gasteiger partial charge in [-0.15, -0.1) is 0 Å². The summed E-state index contributed by atoms with van der Waals surface area (Å²) in [5.74, 6) is -0.705. The van der Waals surface area contributed by atoms with Crippen LogP contribution in [0.25, 0.3) is 0 Å². The van der Waals surface area contributed by atoms with Gasteiger partial charge in [-0.25, -0.2) is 4.79 Å². The minimum atomic E-state index is -0.648. The molecular formula is C12H17N3O4. The van der Waals surface area contributed by atoms with E-state index in [-0.39, 0.29) is 18.0 Å². The molecule has 19 heavy (non-hydrogen) atoms. The fraction of sp³-hybridized carbons (Fsp3) is 0.500. The average molecular weight is 267 g/mol. The molecule has 1 aromatic heterocycles. The highest BCUT2D eigenvalue weighted by molar-refractivity contribution is 5.93. The van der Waals surface area contributed by atoms with E-state index in [0.29, 0.717) is 6.54 Å². The number of hydrogen-bond donors (Lipinski definition) is 0. The normalized spacial score (nSPS) is 10.3. The van der Waals surface area contributed by atoms with Crippen molar-refractivity contribution in [3.05, 3.63) is 32.6 Å². The van der Waals surface area contributed by atoms with Crippen LogP contribution in [0, 0.1) is 0 Å². The molecule has 0 aliphatic rings. The molecule has 1 aromatic rings. The number of carbonyl (C=O) groups excluding carboxylic acids is 2. The van der Waals surface area contributed by atoms with Gasteiger partial charge in [0.05, 0.1) is 5.56 Å². The van der Waals surface area contributed by atoms with Crippen molar-refractivity contribution in [2.75, 3.05) is 13.6 Å². The molecular weight excluding hydrogens is 250 g/mol. The molecule has 0 saturated heterocycles. The Morgan fingerprint density at radius 2 is 1.89 bits per heavy atom.